The Labute approximate surface area is 115 Å². The number of carbonyl (C=O) groups excluding carboxylic acids is 1. The molecule has 4 fully saturated rings. The van der Waals surface area contributed by atoms with Gasteiger partial charge in [-0.3, -0.25) is 9.79 Å². The van der Waals surface area contributed by atoms with E-state index in [9.17, 15) is 4.79 Å². The zero-order chi connectivity index (χ0) is 13.0. The predicted octanol–water partition coefficient (Wildman–Crippen LogP) is 2.90. The summed E-state index contributed by atoms with van der Waals surface area (Å²) in [5.41, 5.74) is 0.257. The van der Waals surface area contributed by atoms with E-state index in [1.807, 2.05) is 0 Å². The van der Waals surface area contributed by atoms with Crippen molar-refractivity contribution in [2.75, 3.05) is 0 Å². The normalized spacial score (nSPS) is 47.4. The first-order chi connectivity index (χ1) is 9.18. The molecule has 3 nitrogen and oxygen atoms in total. The van der Waals surface area contributed by atoms with Crippen LogP contribution in [0.5, 0.6) is 0 Å². The van der Waals surface area contributed by atoms with Crippen LogP contribution < -0.4 is 5.32 Å². The van der Waals surface area contributed by atoms with Crippen LogP contribution in [-0.2, 0) is 4.79 Å². The maximum absolute atomic E-state index is 12.0. The number of aliphatic imine (C=N–C) groups is 1. The number of nitrogens with one attached hydrogen (secondary N) is 1. The summed E-state index contributed by atoms with van der Waals surface area (Å²) in [6.45, 7) is 2.13. The molecule has 0 aromatic rings. The number of carbonyl (C=O) groups is 1. The van der Waals surface area contributed by atoms with Gasteiger partial charge in [-0.25, -0.2) is 0 Å². The molecule has 4 saturated carbocycles. The third-order valence-corrected chi connectivity index (χ3v) is 5.93. The van der Waals surface area contributed by atoms with Gasteiger partial charge in [0.1, 0.15) is 11.9 Å². The van der Waals surface area contributed by atoms with Gasteiger partial charge >= 0.3 is 0 Å². The molecule has 0 spiro atoms. The van der Waals surface area contributed by atoms with Crippen LogP contribution in [-0.4, -0.2) is 17.8 Å². The Balaban J connectivity index is 1.62. The molecule has 1 unspecified atom stereocenters. The molecule has 0 aromatic carbocycles. The van der Waals surface area contributed by atoms with Crippen LogP contribution in [0.4, 0.5) is 0 Å². The van der Waals surface area contributed by atoms with Gasteiger partial charge in [-0.1, -0.05) is 13.3 Å². The molecule has 5 rings (SSSR count). The molecule has 0 radical (unpaired) electrons. The molecular formula is C16H24N2O. The van der Waals surface area contributed by atoms with Crippen molar-refractivity contribution in [1.82, 2.24) is 5.32 Å². The second-order valence-electron chi connectivity index (χ2n) is 7.47. The summed E-state index contributed by atoms with van der Waals surface area (Å²) in [5.74, 6) is 3.98. The molecule has 1 heterocycles. The van der Waals surface area contributed by atoms with E-state index >= 15 is 0 Å². The maximum Gasteiger partial charge on any atom is 0.250 e. The van der Waals surface area contributed by atoms with Crippen molar-refractivity contribution in [1.29, 1.82) is 0 Å². The van der Waals surface area contributed by atoms with E-state index in [1.54, 1.807) is 0 Å². The van der Waals surface area contributed by atoms with Gasteiger partial charge in [0.2, 0.25) is 5.91 Å². The van der Waals surface area contributed by atoms with E-state index in [0.717, 1.165) is 36.4 Å². The molecule has 1 aliphatic heterocycles. The van der Waals surface area contributed by atoms with E-state index in [4.69, 9.17) is 4.99 Å². The zero-order valence-electron chi connectivity index (χ0n) is 11.8. The van der Waals surface area contributed by atoms with E-state index < -0.39 is 0 Å². The number of amidine groups is 1. The number of hydrogen-bond donors (Lipinski definition) is 1. The molecule has 4 aliphatic carbocycles. The predicted molar refractivity (Wildman–Crippen MR) is 74.9 cm³/mol. The van der Waals surface area contributed by atoms with Crippen molar-refractivity contribution in [3.8, 4) is 0 Å². The van der Waals surface area contributed by atoms with Gasteiger partial charge in [-0.2, -0.15) is 0 Å². The second-order valence-corrected chi connectivity index (χ2v) is 7.47. The van der Waals surface area contributed by atoms with Gasteiger partial charge in [0.05, 0.1) is 0 Å². The van der Waals surface area contributed by atoms with Gasteiger partial charge < -0.3 is 5.32 Å². The van der Waals surface area contributed by atoms with Crippen LogP contribution in [0, 0.1) is 23.2 Å². The first-order valence-electron chi connectivity index (χ1n) is 8.07. The summed E-state index contributed by atoms with van der Waals surface area (Å²) >= 11 is 0. The van der Waals surface area contributed by atoms with Crippen molar-refractivity contribution in [3.63, 3.8) is 0 Å². The minimum atomic E-state index is -0.0898. The third kappa shape index (κ3) is 1.77. The van der Waals surface area contributed by atoms with Crippen molar-refractivity contribution < 1.29 is 4.79 Å². The van der Waals surface area contributed by atoms with Crippen LogP contribution in [0.25, 0.3) is 0 Å². The molecule has 5 aliphatic rings. The monoisotopic (exact) mass is 260 g/mol. The molecule has 19 heavy (non-hydrogen) atoms. The van der Waals surface area contributed by atoms with E-state index in [-0.39, 0.29) is 17.4 Å². The Morgan fingerprint density at radius 3 is 2.26 bits per heavy atom. The Morgan fingerprint density at radius 1 is 1.16 bits per heavy atom. The summed E-state index contributed by atoms with van der Waals surface area (Å²) < 4.78 is 0. The Kier molecular flexibility index (Phi) is 2.55. The summed E-state index contributed by atoms with van der Waals surface area (Å²) in [6.07, 6.45) is 10.1. The van der Waals surface area contributed by atoms with Crippen molar-refractivity contribution in [3.05, 3.63) is 0 Å². The molecule has 104 valence electrons. The van der Waals surface area contributed by atoms with Gasteiger partial charge in [-0.15, -0.1) is 0 Å². The third-order valence-electron chi connectivity index (χ3n) is 5.93. The molecule has 3 heteroatoms. The smallest absolute Gasteiger partial charge is 0.250 e. The minimum absolute atomic E-state index is 0.0898. The van der Waals surface area contributed by atoms with Crippen LogP contribution in [0.2, 0.25) is 0 Å². The summed E-state index contributed by atoms with van der Waals surface area (Å²) in [7, 11) is 0. The zero-order valence-corrected chi connectivity index (χ0v) is 11.8. The largest absolute Gasteiger partial charge is 0.312 e. The molecule has 0 aromatic heterocycles. The second kappa shape index (κ2) is 4.07. The number of nitrogens with zero attached hydrogens (tertiary/aromatic N) is 1. The number of rotatable bonds is 3. The fourth-order valence-corrected chi connectivity index (χ4v) is 5.59. The lowest BCUT2D eigenvalue weighted by Gasteiger charge is -2.56. The standard InChI is InChI=1S/C16H24N2O/c1-2-3-13-14(19)18-15(17-13)16-7-10-4-11(8-16)6-12(5-10)9-16/h10-13H,2-9H2,1H3,(H,17,18,19). The fraction of sp³-hybridized carbons (Fsp3) is 0.875. The highest BCUT2D eigenvalue weighted by Gasteiger charge is 2.54. The van der Waals surface area contributed by atoms with Crippen molar-refractivity contribution in [2.45, 2.75) is 64.3 Å². The van der Waals surface area contributed by atoms with Gasteiger partial charge in [-0.05, 0) is 62.7 Å². The first-order valence-corrected chi connectivity index (χ1v) is 8.07. The van der Waals surface area contributed by atoms with Gasteiger partial charge in [0, 0.05) is 5.41 Å². The van der Waals surface area contributed by atoms with E-state index in [1.165, 1.54) is 38.5 Å². The van der Waals surface area contributed by atoms with Crippen molar-refractivity contribution in [2.24, 2.45) is 28.2 Å². The topological polar surface area (TPSA) is 41.5 Å². The first kappa shape index (κ1) is 11.9. The molecule has 1 amide bonds. The highest BCUT2D eigenvalue weighted by Crippen LogP contribution is 2.60. The quantitative estimate of drug-likeness (QED) is 0.833. The lowest BCUT2D eigenvalue weighted by Crippen LogP contribution is -2.53. The number of hydrogen-bond acceptors (Lipinski definition) is 2. The van der Waals surface area contributed by atoms with Gasteiger partial charge in [0.15, 0.2) is 0 Å². The summed E-state index contributed by atoms with van der Waals surface area (Å²) in [4.78, 5) is 16.8. The van der Waals surface area contributed by atoms with Crippen LogP contribution >= 0.6 is 0 Å². The van der Waals surface area contributed by atoms with Crippen LogP contribution in [0.15, 0.2) is 4.99 Å². The summed E-state index contributed by atoms with van der Waals surface area (Å²) in [5, 5.41) is 3.16. The van der Waals surface area contributed by atoms with Gasteiger partial charge in [0.25, 0.3) is 0 Å². The average Bonchev–Trinajstić information content (AvgIpc) is 2.70. The Hall–Kier alpha value is -0.860. The van der Waals surface area contributed by atoms with Crippen molar-refractivity contribution >= 4 is 11.7 Å². The Morgan fingerprint density at radius 2 is 1.74 bits per heavy atom. The van der Waals surface area contributed by atoms with E-state index in [2.05, 4.69) is 12.2 Å². The highest BCUT2D eigenvalue weighted by molar-refractivity contribution is 6.08. The fourth-order valence-electron chi connectivity index (χ4n) is 5.59. The SMILES string of the molecule is CCCC1N=C(C23CC4CC(CC(C4)C2)C3)NC1=O. The molecular weight excluding hydrogens is 236 g/mol. The Bertz CT molecular complexity index is 405. The van der Waals surface area contributed by atoms with E-state index in [0.29, 0.717) is 0 Å². The molecule has 0 saturated heterocycles. The molecule has 1 atom stereocenters. The number of amides is 1. The minimum Gasteiger partial charge on any atom is -0.312 e. The van der Waals surface area contributed by atoms with Crippen LogP contribution in [0.3, 0.4) is 0 Å². The highest BCUT2D eigenvalue weighted by atomic mass is 16.2. The lowest BCUT2D eigenvalue weighted by atomic mass is 9.49. The molecule has 1 N–H and O–H groups in total. The lowest BCUT2D eigenvalue weighted by molar-refractivity contribution is -0.120. The maximum atomic E-state index is 12.0. The summed E-state index contributed by atoms with van der Waals surface area (Å²) in [6, 6.07) is -0.0898. The molecule has 4 bridgehead atoms. The average molecular weight is 260 g/mol. The van der Waals surface area contributed by atoms with Crippen LogP contribution in [0.1, 0.15) is 58.3 Å².